The van der Waals surface area contributed by atoms with Crippen molar-refractivity contribution in [1.82, 2.24) is 9.97 Å². The predicted octanol–water partition coefficient (Wildman–Crippen LogP) is 1.64. The van der Waals surface area contributed by atoms with Gasteiger partial charge in [0.05, 0.1) is 14.2 Å². The van der Waals surface area contributed by atoms with Crippen LogP contribution >= 0.6 is 0 Å². The van der Waals surface area contributed by atoms with Crippen molar-refractivity contribution >= 4 is 11.8 Å². The summed E-state index contributed by atoms with van der Waals surface area (Å²) < 4.78 is 10.7. The summed E-state index contributed by atoms with van der Waals surface area (Å²) in [7, 11) is 3.30. The molecule has 0 saturated carbocycles. The van der Waals surface area contributed by atoms with Gasteiger partial charge in [0.15, 0.2) is 11.5 Å². The SMILES string of the molecule is COc1cc2c(cc1OC)CN(c1nccc(N)n1)CC2. The molecule has 6 nitrogen and oxygen atoms in total. The Balaban J connectivity index is 1.91. The summed E-state index contributed by atoms with van der Waals surface area (Å²) >= 11 is 0. The molecule has 0 atom stereocenters. The lowest BCUT2D eigenvalue weighted by Crippen LogP contribution is -2.31. The highest BCUT2D eigenvalue weighted by Crippen LogP contribution is 2.33. The zero-order valence-corrected chi connectivity index (χ0v) is 12.2. The third-order valence-electron chi connectivity index (χ3n) is 3.67. The van der Waals surface area contributed by atoms with Crippen molar-refractivity contribution in [2.45, 2.75) is 13.0 Å². The molecule has 0 spiro atoms. The molecule has 2 aromatic rings. The van der Waals surface area contributed by atoms with E-state index in [2.05, 4.69) is 14.9 Å². The largest absolute Gasteiger partial charge is 0.493 e. The maximum atomic E-state index is 5.73. The third kappa shape index (κ3) is 2.56. The third-order valence-corrected chi connectivity index (χ3v) is 3.67. The lowest BCUT2D eigenvalue weighted by atomic mass is 9.99. The van der Waals surface area contributed by atoms with E-state index >= 15 is 0 Å². The maximum absolute atomic E-state index is 5.73. The van der Waals surface area contributed by atoms with Gasteiger partial charge in [0.1, 0.15) is 5.82 Å². The Morgan fingerprint density at radius 3 is 2.52 bits per heavy atom. The molecule has 2 heterocycles. The van der Waals surface area contributed by atoms with E-state index in [1.807, 2.05) is 12.1 Å². The van der Waals surface area contributed by atoms with Crippen LogP contribution in [0.3, 0.4) is 0 Å². The molecule has 0 saturated heterocycles. The number of nitrogens with zero attached hydrogens (tertiary/aromatic N) is 3. The summed E-state index contributed by atoms with van der Waals surface area (Å²) in [4.78, 5) is 10.7. The number of ether oxygens (including phenoxy) is 2. The molecule has 0 fully saturated rings. The van der Waals surface area contributed by atoms with Gasteiger partial charge < -0.3 is 20.1 Å². The minimum absolute atomic E-state index is 0.484. The summed E-state index contributed by atoms with van der Waals surface area (Å²) in [5.41, 5.74) is 8.20. The smallest absolute Gasteiger partial charge is 0.227 e. The van der Waals surface area contributed by atoms with Crippen LogP contribution < -0.4 is 20.1 Å². The van der Waals surface area contributed by atoms with Crippen LogP contribution in [0.2, 0.25) is 0 Å². The van der Waals surface area contributed by atoms with E-state index in [4.69, 9.17) is 15.2 Å². The molecule has 1 aliphatic rings. The van der Waals surface area contributed by atoms with Crippen molar-refractivity contribution in [3.63, 3.8) is 0 Å². The molecule has 0 unspecified atom stereocenters. The molecule has 1 aromatic heterocycles. The molecule has 1 aliphatic heterocycles. The predicted molar refractivity (Wildman–Crippen MR) is 80.7 cm³/mol. The van der Waals surface area contributed by atoms with Crippen molar-refractivity contribution < 1.29 is 9.47 Å². The minimum Gasteiger partial charge on any atom is -0.493 e. The van der Waals surface area contributed by atoms with E-state index in [0.717, 1.165) is 31.0 Å². The van der Waals surface area contributed by atoms with Crippen LogP contribution in [0.15, 0.2) is 24.4 Å². The molecule has 0 bridgehead atoms. The van der Waals surface area contributed by atoms with Crippen molar-refractivity contribution in [3.05, 3.63) is 35.5 Å². The highest BCUT2D eigenvalue weighted by Gasteiger charge is 2.21. The highest BCUT2D eigenvalue weighted by molar-refractivity contribution is 5.51. The number of benzene rings is 1. The fraction of sp³-hybridized carbons (Fsp3) is 0.333. The van der Waals surface area contributed by atoms with Crippen LogP contribution in [0.5, 0.6) is 11.5 Å². The van der Waals surface area contributed by atoms with Crippen LogP contribution in [0.25, 0.3) is 0 Å². The van der Waals surface area contributed by atoms with Gasteiger partial charge >= 0.3 is 0 Å². The molecule has 1 aromatic carbocycles. The molecule has 0 radical (unpaired) electrons. The number of rotatable bonds is 3. The quantitative estimate of drug-likeness (QED) is 0.924. The Hall–Kier alpha value is -2.50. The van der Waals surface area contributed by atoms with Gasteiger partial charge in [-0.25, -0.2) is 4.98 Å². The number of aromatic nitrogens is 2. The Morgan fingerprint density at radius 2 is 1.86 bits per heavy atom. The minimum atomic E-state index is 0.484. The van der Waals surface area contributed by atoms with Crippen LogP contribution in [-0.4, -0.2) is 30.7 Å². The number of fused-ring (bicyclic) bond motifs is 1. The zero-order chi connectivity index (χ0) is 14.8. The summed E-state index contributed by atoms with van der Waals surface area (Å²) in [5.74, 6) is 2.66. The van der Waals surface area contributed by atoms with Crippen molar-refractivity contribution in [2.75, 3.05) is 31.4 Å². The van der Waals surface area contributed by atoms with E-state index < -0.39 is 0 Å². The summed E-state index contributed by atoms with van der Waals surface area (Å²) in [6.45, 7) is 1.59. The normalized spacial score (nSPS) is 13.7. The summed E-state index contributed by atoms with van der Waals surface area (Å²) in [5, 5.41) is 0. The zero-order valence-electron chi connectivity index (χ0n) is 12.2. The van der Waals surface area contributed by atoms with Gasteiger partial charge in [-0.05, 0) is 35.7 Å². The van der Waals surface area contributed by atoms with Gasteiger partial charge in [0.25, 0.3) is 0 Å². The molecular weight excluding hydrogens is 268 g/mol. The molecule has 21 heavy (non-hydrogen) atoms. The van der Waals surface area contributed by atoms with Crippen molar-refractivity contribution in [2.24, 2.45) is 0 Å². The monoisotopic (exact) mass is 286 g/mol. The Morgan fingerprint density at radius 1 is 1.14 bits per heavy atom. The first-order valence-electron chi connectivity index (χ1n) is 6.78. The lowest BCUT2D eigenvalue weighted by Gasteiger charge is -2.29. The van der Waals surface area contributed by atoms with Crippen LogP contribution in [0.1, 0.15) is 11.1 Å². The molecule has 3 rings (SSSR count). The molecule has 2 N–H and O–H groups in total. The first-order chi connectivity index (χ1) is 10.2. The van der Waals surface area contributed by atoms with Gasteiger partial charge in [-0.3, -0.25) is 0 Å². The molecule has 0 amide bonds. The number of hydrogen-bond acceptors (Lipinski definition) is 6. The highest BCUT2D eigenvalue weighted by atomic mass is 16.5. The van der Waals surface area contributed by atoms with Crippen LogP contribution in [0.4, 0.5) is 11.8 Å². The Kier molecular flexibility index (Phi) is 3.51. The first kappa shape index (κ1) is 13.5. The van der Waals surface area contributed by atoms with Gasteiger partial charge in [0, 0.05) is 19.3 Å². The van der Waals surface area contributed by atoms with E-state index in [9.17, 15) is 0 Å². The van der Waals surface area contributed by atoms with E-state index in [1.165, 1.54) is 11.1 Å². The second-order valence-corrected chi connectivity index (χ2v) is 4.93. The maximum Gasteiger partial charge on any atom is 0.227 e. The first-order valence-corrected chi connectivity index (χ1v) is 6.78. The second-order valence-electron chi connectivity index (χ2n) is 4.93. The number of nitrogen functional groups attached to an aromatic ring is 1. The van der Waals surface area contributed by atoms with E-state index in [1.54, 1.807) is 26.5 Å². The second kappa shape index (κ2) is 5.47. The van der Waals surface area contributed by atoms with Crippen molar-refractivity contribution in [1.29, 1.82) is 0 Å². The molecule has 110 valence electrons. The van der Waals surface area contributed by atoms with Gasteiger partial charge in [-0.2, -0.15) is 4.98 Å². The topological polar surface area (TPSA) is 73.5 Å². The number of methoxy groups -OCH3 is 2. The standard InChI is InChI=1S/C15H18N4O2/c1-20-12-7-10-4-6-19(9-11(10)8-13(12)21-2)15-17-5-3-14(16)18-15/h3,5,7-8H,4,6,9H2,1-2H3,(H2,16,17,18). The fourth-order valence-corrected chi connectivity index (χ4v) is 2.57. The average Bonchev–Trinajstić information content (AvgIpc) is 2.53. The Bertz CT molecular complexity index is 660. The van der Waals surface area contributed by atoms with Gasteiger partial charge in [-0.15, -0.1) is 0 Å². The van der Waals surface area contributed by atoms with E-state index in [-0.39, 0.29) is 0 Å². The van der Waals surface area contributed by atoms with Crippen LogP contribution in [0, 0.1) is 0 Å². The van der Waals surface area contributed by atoms with Gasteiger partial charge in [-0.1, -0.05) is 0 Å². The average molecular weight is 286 g/mol. The molecule has 6 heteroatoms. The van der Waals surface area contributed by atoms with E-state index in [0.29, 0.717) is 11.8 Å². The van der Waals surface area contributed by atoms with Gasteiger partial charge in [0.2, 0.25) is 5.95 Å². The fourth-order valence-electron chi connectivity index (χ4n) is 2.57. The molecular formula is C15H18N4O2. The van der Waals surface area contributed by atoms with Crippen LogP contribution in [-0.2, 0) is 13.0 Å². The lowest BCUT2D eigenvalue weighted by molar-refractivity contribution is 0.353. The summed E-state index contributed by atoms with van der Waals surface area (Å²) in [6, 6.07) is 5.76. The molecule has 0 aliphatic carbocycles. The number of anilines is 2. The Labute approximate surface area is 123 Å². The summed E-state index contributed by atoms with van der Waals surface area (Å²) in [6.07, 6.45) is 2.59. The number of hydrogen-bond donors (Lipinski definition) is 1. The number of nitrogens with two attached hydrogens (primary N) is 1. The van der Waals surface area contributed by atoms with Crippen molar-refractivity contribution in [3.8, 4) is 11.5 Å².